The first-order chi connectivity index (χ1) is 17.8. The Hall–Kier alpha value is -4.65. The van der Waals surface area contributed by atoms with Crippen molar-refractivity contribution in [3.05, 3.63) is 88.1 Å². The number of amides is 1. The highest BCUT2D eigenvalue weighted by Crippen LogP contribution is 2.43. The summed E-state index contributed by atoms with van der Waals surface area (Å²) in [4.78, 5) is 41.6. The number of likely N-dealkylation sites (tertiary alicyclic amines) is 1. The van der Waals surface area contributed by atoms with Gasteiger partial charge >= 0.3 is 11.9 Å². The first kappa shape index (κ1) is 25.4. The van der Waals surface area contributed by atoms with Crippen molar-refractivity contribution in [3.8, 4) is 6.07 Å². The molecule has 0 bridgehead atoms. The monoisotopic (exact) mass is 504 g/mol. The number of ether oxygens (including phenoxy) is 2. The van der Waals surface area contributed by atoms with Crippen molar-refractivity contribution in [2.45, 2.75) is 18.8 Å². The summed E-state index contributed by atoms with van der Waals surface area (Å²) in [7, 11) is 2.26. The highest BCUT2D eigenvalue weighted by Gasteiger charge is 2.43. The molecular weight excluding hydrogens is 479 g/mol. The Morgan fingerprint density at radius 2 is 1.68 bits per heavy atom. The number of allylic oxidation sites excluding steroid dienone is 1. The largest absolute Gasteiger partial charge is 0.466 e. The van der Waals surface area contributed by atoms with Gasteiger partial charge in [0.25, 0.3) is 5.91 Å². The molecule has 1 amide bonds. The summed E-state index contributed by atoms with van der Waals surface area (Å²) in [5, 5.41) is 10.1. The lowest BCUT2D eigenvalue weighted by Crippen LogP contribution is -2.40. The van der Waals surface area contributed by atoms with Crippen LogP contribution in [0.25, 0.3) is 0 Å². The van der Waals surface area contributed by atoms with Crippen molar-refractivity contribution in [1.82, 2.24) is 4.90 Å². The van der Waals surface area contributed by atoms with Crippen LogP contribution < -0.4 is 10.6 Å². The van der Waals surface area contributed by atoms with Gasteiger partial charge in [-0.3, -0.25) is 9.69 Å². The number of carbonyl (C=O) groups excluding carboxylic acids is 3. The molecule has 190 valence electrons. The minimum absolute atomic E-state index is 0.0223. The predicted molar refractivity (Wildman–Crippen MR) is 131 cm³/mol. The second-order valence-corrected chi connectivity index (χ2v) is 8.50. The van der Waals surface area contributed by atoms with Crippen molar-refractivity contribution >= 4 is 23.5 Å². The van der Waals surface area contributed by atoms with Gasteiger partial charge in [-0.1, -0.05) is 30.3 Å². The first-order valence-electron chi connectivity index (χ1n) is 11.6. The number of nitriles is 1. The third-order valence-electron chi connectivity index (χ3n) is 6.44. The average molecular weight is 505 g/mol. The molecule has 10 heteroatoms. The van der Waals surface area contributed by atoms with Gasteiger partial charge in [0.05, 0.1) is 48.6 Å². The van der Waals surface area contributed by atoms with Crippen LogP contribution in [-0.2, 0) is 19.1 Å². The van der Waals surface area contributed by atoms with Gasteiger partial charge in [0.2, 0.25) is 0 Å². The second kappa shape index (κ2) is 10.5. The van der Waals surface area contributed by atoms with Crippen LogP contribution in [0.15, 0.2) is 71.2 Å². The molecule has 2 aromatic carbocycles. The molecule has 1 atom stereocenters. The van der Waals surface area contributed by atoms with E-state index in [0.717, 1.165) is 38.0 Å². The molecule has 2 aliphatic heterocycles. The van der Waals surface area contributed by atoms with Crippen LogP contribution in [0.4, 0.5) is 10.1 Å². The summed E-state index contributed by atoms with van der Waals surface area (Å²) in [6.45, 7) is 1.10. The van der Waals surface area contributed by atoms with E-state index in [1.54, 1.807) is 35.2 Å². The Morgan fingerprint density at radius 1 is 1.03 bits per heavy atom. The van der Waals surface area contributed by atoms with Crippen LogP contribution in [0.3, 0.4) is 0 Å². The number of halogens is 1. The van der Waals surface area contributed by atoms with Gasteiger partial charge in [-0.2, -0.15) is 5.26 Å². The molecule has 2 N–H and O–H groups in total. The van der Waals surface area contributed by atoms with E-state index in [-0.39, 0.29) is 33.9 Å². The van der Waals surface area contributed by atoms with E-state index in [1.165, 1.54) is 12.1 Å². The number of hydrogen-bond donors (Lipinski definition) is 1. The molecule has 2 aromatic rings. The fourth-order valence-electron chi connectivity index (χ4n) is 4.69. The normalized spacial score (nSPS) is 17.5. The van der Waals surface area contributed by atoms with E-state index in [9.17, 15) is 19.6 Å². The molecule has 0 aliphatic carbocycles. The molecule has 1 unspecified atom stereocenters. The minimum Gasteiger partial charge on any atom is -0.466 e. The maximum Gasteiger partial charge on any atom is 0.355 e. The highest BCUT2D eigenvalue weighted by molar-refractivity contribution is 6.06. The lowest BCUT2D eigenvalue weighted by molar-refractivity contribution is -0.139. The molecule has 37 heavy (non-hydrogen) atoms. The second-order valence-electron chi connectivity index (χ2n) is 8.50. The SMILES string of the molecule is COC(=O)C1=C(C(=O)OC)N(c2ccc(C(=O)N3CCCC3)c(F)c2)C(N)=C(C#N)C1c1ccccc1. The van der Waals surface area contributed by atoms with Crippen molar-refractivity contribution in [3.63, 3.8) is 0 Å². The molecule has 2 heterocycles. The van der Waals surface area contributed by atoms with Gasteiger partial charge in [0.1, 0.15) is 17.3 Å². The summed E-state index contributed by atoms with van der Waals surface area (Å²) in [6, 6.07) is 14.3. The minimum atomic E-state index is -1.04. The van der Waals surface area contributed by atoms with E-state index in [0.29, 0.717) is 18.7 Å². The number of benzene rings is 2. The summed E-state index contributed by atoms with van der Waals surface area (Å²) >= 11 is 0. The van der Waals surface area contributed by atoms with E-state index in [2.05, 4.69) is 0 Å². The van der Waals surface area contributed by atoms with Crippen molar-refractivity contribution in [2.75, 3.05) is 32.2 Å². The fraction of sp³-hybridized carbons (Fsp3) is 0.259. The van der Waals surface area contributed by atoms with Crippen LogP contribution in [-0.4, -0.2) is 50.1 Å². The maximum atomic E-state index is 15.3. The fourth-order valence-corrected chi connectivity index (χ4v) is 4.69. The van der Waals surface area contributed by atoms with Crippen LogP contribution in [0.5, 0.6) is 0 Å². The summed E-state index contributed by atoms with van der Waals surface area (Å²) in [6.07, 6.45) is 1.70. The molecular formula is C27H25FN4O5. The van der Waals surface area contributed by atoms with E-state index in [4.69, 9.17) is 15.2 Å². The Bertz CT molecular complexity index is 1360. The quantitative estimate of drug-likeness (QED) is 0.616. The van der Waals surface area contributed by atoms with E-state index >= 15 is 4.39 Å². The molecule has 0 aromatic heterocycles. The topological polar surface area (TPSA) is 126 Å². The van der Waals surface area contributed by atoms with Crippen molar-refractivity contribution in [2.24, 2.45) is 5.73 Å². The average Bonchev–Trinajstić information content (AvgIpc) is 3.46. The number of rotatable bonds is 5. The van der Waals surface area contributed by atoms with Crippen LogP contribution in [0.2, 0.25) is 0 Å². The van der Waals surface area contributed by atoms with E-state index in [1.807, 2.05) is 6.07 Å². The smallest absolute Gasteiger partial charge is 0.355 e. The highest BCUT2D eigenvalue weighted by atomic mass is 19.1. The molecule has 1 saturated heterocycles. The number of nitrogens with two attached hydrogens (primary N) is 1. The molecule has 0 spiro atoms. The predicted octanol–water partition coefficient (Wildman–Crippen LogP) is 2.96. The summed E-state index contributed by atoms with van der Waals surface area (Å²) in [5.74, 6) is -4.34. The maximum absolute atomic E-state index is 15.3. The Labute approximate surface area is 213 Å². The van der Waals surface area contributed by atoms with Gasteiger partial charge in [-0.05, 0) is 36.6 Å². The third-order valence-corrected chi connectivity index (χ3v) is 6.44. The first-order valence-corrected chi connectivity index (χ1v) is 11.6. The Morgan fingerprint density at radius 3 is 2.24 bits per heavy atom. The summed E-state index contributed by atoms with van der Waals surface area (Å²) in [5.41, 5.74) is 6.26. The van der Waals surface area contributed by atoms with Gasteiger partial charge in [-0.15, -0.1) is 0 Å². The van der Waals surface area contributed by atoms with Gasteiger partial charge in [0, 0.05) is 13.1 Å². The zero-order valence-corrected chi connectivity index (χ0v) is 20.4. The van der Waals surface area contributed by atoms with Gasteiger partial charge < -0.3 is 20.1 Å². The van der Waals surface area contributed by atoms with Gasteiger partial charge in [0.15, 0.2) is 0 Å². The molecule has 1 fully saturated rings. The molecule has 4 rings (SSSR count). The van der Waals surface area contributed by atoms with Gasteiger partial charge in [-0.25, -0.2) is 14.0 Å². The van der Waals surface area contributed by atoms with Crippen molar-refractivity contribution in [1.29, 1.82) is 5.26 Å². The molecule has 0 saturated carbocycles. The number of anilines is 1. The summed E-state index contributed by atoms with van der Waals surface area (Å²) < 4.78 is 25.2. The van der Waals surface area contributed by atoms with Crippen LogP contribution in [0.1, 0.15) is 34.7 Å². The molecule has 0 radical (unpaired) electrons. The number of hydrogen-bond acceptors (Lipinski definition) is 8. The molecule has 2 aliphatic rings. The van der Waals surface area contributed by atoms with Crippen LogP contribution >= 0.6 is 0 Å². The number of methoxy groups -OCH3 is 2. The Kier molecular flexibility index (Phi) is 7.25. The molecule has 9 nitrogen and oxygen atoms in total. The van der Waals surface area contributed by atoms with E-state index < -0.39 is 29.6 Å². The number of carbonyl (C=O) groups is 3. The zero-order valence-electron chi connectivity index (χ0n) is 20.4. The lowest BCUT2D eigenvalue weighted by Gasteiger charge is -2.36. The van der Waals surface area contributed by atoms with Crippen LogP contribution in [0, 0.1) is 17.1 Å². The Balaban J connectivity index is 1.93. The number of nitrogens with zero attached hydrogens (tertiary/aromatic N) is 3. The lowest BCUT2D eigenvalue weighted by atomic mass is 9.81. The van der Waals surface area contributed by atoms with Crippen molar-refractivity contribution < 1.29 is 28.2 Å². The zero-order chi connectivity index (χ0) is 26.7. The third kappa shape index (κ3) is 4.51. The standard InChI is InChI=1S/C27H25FN4O5/c1-36-26(34)22-21(16-8-4-3-5-9-16)19(15-29)24(30)32(23(22)27(35)37-2)17-10-11-18(20(28)14-17)25(33)31-12-6-7-13-31/h3-5,8-11,14,21H,6-7,12-13,30H2,1-2H3. The number of esters is 2.